The summed E-state index contributed by atoms with van der Waals surface area (Å²) < 4.78 is 27.4. The Kier molecular flexibility index (Phi) is 6.04. The Hall–Kier alpha value is -4.26. The topological polar surface area (TPSA) is 80.3 Å². The summed E-state index contributed by atoms with van der Waals surface area (Å²) in [7, 11) is 4.55. The van der Waals surface area contributed by atoms with E-state index in [1.165, 1.54) is 20.3 Å². The third-order valence-corrected chi connectivity index (χ3v) is 5.20. The highest BCUT2D eigenvalue weighted by Gasteiger charge is 2.31. The van der Waals surface area contributed by atoms with Crippen molar-refractivity contribution in [3.63, 3.8) is 0 Å². The lowest BCUT2D eigenvalue weighted by Crippen LogP contribution is -2.10. The number of allylic oxidation sites excluding steroid dienone is 1. The summed E-state index contributed by atoms with van der Waals surface area (Å²) in [6.45, 7) is 1.76. The second-order valence-electron chi connectivity index (χ2n) is 7.23. The molecule has 7 heteroatoms. The molecule has 0 aromatic heterocycles. The van der Waals surface area contributed by atoms with Crippen LogP contribution in [0.4, 0.5) is 0 Å². The highest BCUT2D eigenvalue weighted by Crippen LogP contribution is 2.39. The summed E-state index contributed by atoms with van der Waals surface area (Å²) in [6, 6.07) is 15.3. The van der Waals surface area contributed by atoms with Crippen LogP contribution in [-0.4, -0.2) is 33.1 Å². The molecule has 0 saturated heterocycles. The van der Waals surface area contributed by atoms with Gasteiger partial charge < -0.3 is 23.7 Å². The summed E-state index contributed by atoms with van der Waals surface area (Å²) in [5.41, 5.74) is 1.97. The molecule has 1 aliphatic heterocycles. The van der Waals surface area contributed by atoms with Crippen LogP contribution >= 0.6 is 0 Å². The van der Waals surface area contributed by atoms with Crippen molar-refractivity contribution in [1.82, 2.24) is 0 Å². The minimum Gasteiger partial charge on any atom is -0.496 e. The average molecular weight is 446 g/mol. The van der Waals surface area contributed by atoms with Gasteiger partial charge in [-0.05, 0) is 42.8 Å². The molecule has 168 valence electrons. The van der Waals surface area contributed by atoms with Crippen molar-refractivity contribution < 1.29 is 33.3 Å². The van der Waals surface area contributed by atoms with Gasteiger partial charge in [-0.3, -0.25) is 4.79 Å². The molecule has 0 unspecified atom stereocenters. The number of benzene rings is 3. The van der Waals surface area contributed by atoms with Gasteiger partial charge in [0.05, 0.1) is 26.9 Å². The number of aryl methyl sites for hydroxylation is 1. The number of hydrogen-bond donors (Lipinski definition) is 0. The van der Waals surface area contributed by atoms with E-state index in [-0.39, 0.29) is 17.3 Å². The molecule has 1 aliphatic rings. The van der Waals surface area contributed by atoms with E-state index in [1.807, 2.05) is 0 Å². The standard InChI is InChI=1S/C26H22O7/c1-15-12-17(32-26(28)18-9-5-6-10-19(18)29-2)14-21-23(15)24(27)22(33-21)13-16-8-7-11-20(30-3)25(16)31-4/h5-14H,1-4H3/b22-13-. The Morgan fingerprint density at radius 3 is 2.36 bits per heavy atom. The molecule has 4 rings (SSSR count). The van der Waals surface area contributed by atoms with Gasteiger partial charge in [0, 0.05) is 11.6 Å². The minimum absolute atomic E-state index is 0.132. The third kappa shape index (κ3) is 4.13. The fourth-order valence-electron chi connectivity index (χ4n) is 3.68. The van der Waals surface area contributed by atoms with E-state index in [4.69, 9.17) is 23.7 Å². The maximum absolute atomic E-state index is 13.0. The number of esters is 1. The molecule has 1 heterocycles. The van der Waals surface area contributed by atoms with Gasteiger partial charge in [-0.1, -0.05) is 24.3 Å². The summed E-state index contributed by atoms with van der Waals surface area (Å²) in [5, 5.41) is 0. The number of ether oxygens (including phenoxy) is 5. The van der Waals surface area contributed by atoms with E-state index in [0.717, 1.165) is 0 Å². The Morgan fingerprint density at radius 1 is 0.909 bits per heavy atom. The smallest absolute Gasteiger partial charge is 0.347 e. The fourth-order valence-corrected chi connectivity index (χ4v) is 3.68. The molecule has 0 spiro atoms. The molecule has 0 amide bonds. The fraction of sp³-hybridized carbons (Fsp3) is 0.154. The van der Waals surface area contributed by atoms with Crippen molar-refractivity contribution in [3.8, 4) is 28.7 Å². The van der Waals surface area contributed by atoms with Crippen molar-refractivity contribution in [1.29, 1.82) is 0 Å². The van der Waals surface area contributed by atoms with E-state index in [1.54, 1.807) is 68.6 Å². The Labute approximate surface area is 191 Å². The average Bonchev–Trinajstić information content (AvgIpc) is 3.13. The number of carbonyl (C=O) groups excluding carboxylic acids is 2. The van der Waals surface area contributed by atoms with Crippen LogP contribution in [0.5, 0.6) is 28.7 Å². The largest absolute Gasteiger partial charge is 0.496 e. The molecule has 3 aromatic carbocycles. The van der Waals surface area contributed by atoms with E-state index in [2.05, 4.69) is 0 Å². The Bertz CT molecular complexity index is 1270. The van der Waals surface area contributed by atoms with E-state index in [0.29, 0.717) is 45.3 Å². The maximum Gasteiger partial charge on any atom is 0.347 e. The zero-order chi connectivity index (χ0) is 23.5. The number of ketones is 1. The monoisotopic (exact) mass is 446 g/mol. The minimum atomic E-state index is -0.576. The van der Waals surface area contributed by atoms with Gasteiger partial charge in [-0.15, -0.1) is 0 Å². The molecule has 7 nitrogen and oxygen atoms in total. The summed E-state index contributed by atoms with van der Waals surface area (Å²) >= 11 is 0. The lowest BCUT2D eigenvalue weighted by atomic mass is 10.0. The predicted molar refractivity (Wildman–Crippen MR) is 122 cm³/mol. The zero-order valence-electron chi connectivity index (χ0n) is 18.6. The number of rotatable bonds is 6. The SMILES string of the molecule is COc1ccccc1C(=O)Oc1cc(C)c2c(c1)O/C(=C\c1cccc(OC)c1OC)C2=O. The summed E-state index contributed by atoms with van der Waals surface area (Å²) in [6.07, 6.45) is 1.60. The number of hydrogen-bond acceptors (Lipinski definition) is 7. The zero-order valence-corrected chi connectivity index (χ0v) is 18.6. The Balaban J connectivity index is 1.64. The van der Waals surface area contributed by atoms with Crippen molar-refractivity contribution >= 4 is 17.8 Å². The highest BCUT2D eigenvalue weighted by atomic mass is 16.5. The first-order valence-corrected chi connectivity index (χ1v) is 10.1. The second-order valence-corrected chi connectivity index (χ2v) is 7.23. The van der Waals surface area contributed by atoms with Crippen molar-refractivity contribution in [2.24, 2.45) is 0 Å². The lowest BCUT2D eigenvalue weighted by Gasteiger charge is -2.10. The normalized spacial score (nSPS) is 13.3. The summed E-state index contributed by atoms with van der Waals surface area (Å²) in [5.74, 6) is 1.30. The number of carbonyl (C=O) groups is 2. The van der Waals surface area contributed by atoms with Crippen LogP contribution in [0.1, 0.15) is 31.8 Å². The van der Waals surface area contributed by atoms with Gasteiger partial charge in [-0.2, -0.15) is 0 Å². The van der Waals surface area contributed by atoms with Gasteiger partial charge in [0.15, 0.2) is 17.3 Å². The van der Waals surface area contributed by atoms with Crippen molar-refractivity contribution in [2.75, 3.05) is 21.3 Å². The first-order chi connectivity index (χ1) is 16.0. The number of methoxy groups -OCH3 is 3. The number of para-hydroxylation sites is 2. The number of Topliss-reactive ketones (excluding diaryl/α,β-unsaturated/α-hetero) is 1. The highest BCUT2D eigenvalue weighted by molar-refractivity contribution is 6.15. The Morgan fingerprint density at radius 2 is 1.64 bits per heavy atom. The molecule has 0 radical (unpaired) electrons. The van der Waals surface area contributed by atoms with Crippen molar-refractivity contribution in [3.05, 3.63) is 82.6 Å². The van der Waals surface area contributed by atoms with E-state index >= 15 is 0 Å². The molecule has 0 saturated carbocycles. The van der Waals surface area contributed by atoms with E-state index < -0.39 is 5.97 Å². The molecule has 0 bridgehead atoms. The lowest BCUT2D eigenvalue weighted by molar-refractivity contribution is 0.0731. The molecule has 3 aromatic rings. The van der Waals surface area contributed by atoms with Crippen LogP contribution in [0.15, 0.2) is 60.4 Å². The van der Waals surface area contributed by atoms with Crippen LogP contribution in [0.2, 0.25) is 0 Å². The van der Waals surface area contributed by atoms with Gasteiger partial charge in [0.1, 0.15) is 22.8 Å². The van der Waals surface area contributed by atoms with Gasteiger partial charge >= 0.3 is 5.97 Å². The first-order valence-electron chi connectivity index (χ1n) is 10.1. The van der Waals surface area contributed by atoms with Crippen LogP contribution in [0.3, 0.4) is 0 Å². The van der Waals surface area contributed by atoms with Crippen LogP contribution < -0.4 is 23.7 Å². The molecule has 0 fully saturated rings. The van der Waals surface area contributed by atoms with Gasteiger partial charge in [-0.25, -0.2) is 4.79 Å². The molecule has 0 aliphatic carbocycles. The van der Waals surface area contributed by atoms with Gasteiger partial charge in [0.25, 0.3) is 0 Å². The second kappa shape index (κ2) is 9.08. The molecular weight excluding hydrogens is 424 g/mol. The third-order valence-electron chi connectivity index (χ3n) is 5.20. The maximum atomic E-state index is 13.0. The first kappa shape index (κ1) is 22.0. The molecule has 33 heavy (non-hydrogen) atoms. The summed E-state index contributed by atoms with van der Waals surface area (Å²) in [4.78, 5) is 25.7. The number of fused-ring (bicyclic) bond motifs is 1. The molecule has 0 N–H and O–H groups in total. The molecular formula is C26H22O7. The quantitative estimate of drug-likeness (QED) is 0.304. The predicted octanol–water partition coefficient (Wildman–Crippen LogP) is 4.86. The van der Waals surface area contributed by atoms with Crippen LogP contribution in [-0.2, 0) is 0 Å². The molecule has 0 atom stereocenters. The van der Waals surface area contributed by atoms with Crippen LogP contribution in [0.25, 0.3) is 6.08 Å². The van der Waals surface area contributed by atoms with Crippen LogP contribution in [0, 0.1) is 6.92 Å². The van der Waals surface area contributed by atoms with Crippen molar-refractivity contribution in [2.45, 2.75) is 6.92 Å². The van der Waals surface area contributed by atoms with Gasteiger partial charge in [0.2, 0.25) is 5.78 Å². The van der Waals surface area contributed by atoms with E-state index in [9.17, 15) is 9.59 Å².